The Kier molecular flexibility index (Phi) is 7.65. The third kappa shape index (κ3) is 5.68. The van der Waals surface area contributed by atoms with Crippen LogP contribution in [0.4, 0.5) is 23.5 Å². The van der Waals surface area contributed by atoms with Gasteiger partial charge in [-0.25, -0.2) is 5.43 Å². The monoisotopic (exact) mass is 515 g/mol. The fraction of sp³-hybridized carbons (Fsp3) is 0.259. The lowest BCUT2D eigenvalue weighted by molar-refractivity contribution is 0.122. The smallest absolute Gasteiger partial charge is 0.250 e. The summed E-state index contributed by atoms with van der Waals surface area (Å²) in [6.45, 7) is 2.59. The van der Waals surface area contributed by atoms with Crippen LogP contribution in [-0.2, 0) is 4.74 Å². The van der Waals surface area contributed by atoms with Gasteiger partial charge in [0.1, 0.15) is 5.75 Å². The number of nitrogens with zero attached hydrogens (tertiary/aromatic N) is 5. The van der Waals surface area contributed by atoms with E-state index in [0.29, 0.717) is 67.0 Å². The second-order valence-electron chi connectivity index (χ2n) is 8.39. The first-order valence-electron chi connectivity index (χ1n) is 12.1. The van der Waals surface area contributed by atoms with Crippen LogP contribution < -0.4 is 29.9 Å². The van der Waals surface area contributed by atoms with Crippen molar-refractivity contribution in [3.05, 3.63) is 60.2 Å². The summed E-state index contributed by atoms with van der Waals surface area (Å²) >= 11 is 0. The second-order valence-corrected chi connectivity index (χ2v) is 8.39. The molecule has 1 aliphatic heterocycles. The van der Waals surface area contributed by atoms with E-state index in [0.717, 1.165) is 16.5 Å². The summed E-state index contributed by atoms with van der Waals surface area (Å²) in [5.41, 5.74) is 4.48. The van der Waals surface area contributed by atoms with Gasteiger partial charge in [0, 0.05) is 30.4 Å². The zero-order valence-electron chi connectivity index (χ0n) is 21.5. The molecular formula is C27H29N7O4. The molecule has 0 aliphatic carbocycles. The molecule has 1 aromatic heterocycles. The highest BCUT2D eigenvalue weighted by Gasteiger charge is 2.17. The fourth-order valence-corrected chi connectivity index (χ4v) is 4.08. The average molecular weight is 516 g/mol. The Hall–Kier alpha value is -4.64. The number of nitrogens with one attached hydrogen (secondary N) is 2. The Bertz CT molecular complexity index is 1440. The minimum Gasteiger partial charge on any atom is -0.496 e. The molecule has 0 saturated carbocycles. The van der Waals surface area contributed by atoms with Crippen LogP contribution in [0, 0.1) is 0 Å². The third-order valence-corrected chi connectivity index (χ3v) is 6.03. The zero-order valence-corrected chi connectivity index (χ0v) is 21.5. The van der Waals surface area contributed by atoms with Crippen molar-refractivity contribution in [2.75, 3.05) is 63.3 Å². The number of fused-ring (bicyclic) bond motifs is 1. The van der Waals surface area contributed by atoms with Gasteiger partial charge in [0.25, 0.3) is 0 Å². The van der Waals surface area contributed by atoms with Crippen molar-refractivity contribution in [2.24, 2.45) is 5.10 Å². The van der Waals surface area contributed by atoms with E-state index < -0.39 is 0 Å². The molecule has 0 amide bonds. The van der Waals surface area contributed by atoms with Gasteiger partial charge in [-0.3, -0.25) is 0 Å². The molecule has 1 fully saturated rings. The quantitative estimate of drug-likeness (QED) is 0.250. The van der Waals surface area contributed by atoms with Crippen molar-refractivity contribution in [3.63, 3.8) is 0 Å². The van der Waals surface area contributed by atoms with E-state index in [4.69, 9.17) is 18.9 Å². The van der Waals surface area contributed by atoms with Gasteiger partial charge in [0.05, 0.1) is 40.8 Å². The molecule has 38 heavy (non-hydrogen) atoms. The number of anilines is 4. The number of ether oxygens (including phenoxy) is 4. The predicted octanol–water partition coefficient (Wildman–Crippen LogP) is 4.08. The van der Waals surface area contributed by atoms with Crippen LogP contribution >= 0.6 is 0 Å². The molecule has 2 N–H and O–H groups in total. The molecule has 0 bridgehead atoms. The number of hydrogen-bond acceptors (Lipinski definition) is 11. The number of benzene rings is 3. The SMILES string of the molecule is COc1cc(OC)c(OC)cc1/C=N\Nc1nc(Nc2ccc3ccccc3c2)nc(N2CCOCC2)n1. The van der Waals surface area contributed by atoms with Crippen LogP contribution in [-0.4, -0.2) is 68.8 Å². The minimum atomic E-state index is 0.292. The number of methoxy groups -OCH3 is 3. The topological polar surface area (TPSA) is 115 Å². The Morgan fingerprint density at radius 1 is 0.816 bits per heavy atom. The molecule has 196 valence electrons. The van der Waals surface area contributed by atoms with Crippen LogP contribution in [0.5, 0.6) is 17.2 Å². The summed E-state index contributed by atoms with van der Waals surface area (Å²) < 4.78 is 21.7. The van der Waals surface area contributed by atoms with E-state index >= 15 is 0 Å². The summed E-state index contributed by atoms with van der Waals surface area (Å²) in [4.78, 5) is 15.9. The summed E-state index contributed by atoms with van der Waals surface area (Å²) in [7, 11) is 4.73. The molecule has 5 rings (SSSR count). The largest absolute Gasteiger partial charge is 0.496 e. The van der Waals surface area contributed by atoms with Crippen LogP contribution in [0.25, 0.3) is 10.8 Å². The van der Waals surface area contributed by atoms with Crippen LogP contribution in [0.15, 0.2) is 59.7 Å². The third-order valence-electron chi connectivity index (χ3n) is 6.03. The molecule has 0 unspecified atom stereocenters. The molecule has 0 atom stereocenters. The van der Waals surface area contributed by atoms with Gasteiger partial charge >= 0.3 is 0 Å². The molecule has 1 aliphatic rings. The van der Waals surface area contributed by atoms with E-state index in [9.17, 15) is 0 Å². The van der Waals surface area contributed by atoms with Gasteiger partial charge in [-0.15, -0.1) is 0 Å². The highest BCUT2D eigenvalue weighted by atomic mass is 16.5. The van der Waals surface area contributed by atoms with Crippen molar-refractivity contribution in [2.45, 2.75) is 0 Å². The van der Waals surface area contributed by atoms with Crippen LogP contribution in [0.2, 0.25) is 0 Å². The second kappa shape index (κ2) is 11.6. The van der Waals surface area contributed by atoms with Gasteiger partial charge < -0.3 is 29.2 Å². The Morgan fingerprint density at radius 2 is 1.53 bits per heavy atom. The summed E-state index contributed by atoms with van der Waals surface area (Å²) in [6, 6.07) is 17.8. The van der Waals surface area contributed by atoms with E-state index in [1.54, 1.807) is 39.7 Å². The molecule has 0 spiro atoms. The summed E-state index contributed by atoms with van der Waals surface area (Å²) in [6.07, 6.45) is 1.61. The normalized spacial score (nSPS) is 13.5. The van der Waals surface area contributed by atoms with E-state index in [2.05, 4.69) is 60.0 Å². The lowest BCUT2D eigenvalue weighted by Crippen LogP contribution is -2.37. The standard InChI is InChI=1S/C27H29N7O4/c1-35-22-16-24(37-3)23(36-2)15-20(22)17-28-33-26-30-25(31-27(32-26)34-10-12-38-13-11-34)29-21-9-8-18-6-4-5-7-19(18)14-21/h4-9,14-17H,10-13H2,1-3H3,(H2,29,30,31,32,33)/b28-17-. The molecule has 4 aromatic rings. The van der Waals surface area contributed by atoms with Crippen LogP contribution in [0.1, 0.15) is 5.56 Å². The number of morpholine rings is 1. The van der Waals surface area contributed by atoms with Crippen molar-refractivity contribution in [3.8, 4) is 17.2 Å². The first-order chi connectivity index (χ1) is 18.7. The Balaban J connectivity index is 1.42. The summed E-state index contributed by atoms with van der Waals surface area (Å²) in [5, 5.41) is 9.93. The molecular weight excluding hydrogens is 486 g/mol. The first kappa shape index (κ1) is 25.0. The van der Waals surface area contributed by atoms with Crippen molar-refractivity contribution in [1.82, 2.24) is 15.0 Å². The maximum atomic E-state index is 5.49. The number of hydrazone groups is 1. The molecule has 3 aromatic carbocycles. The zero-order chi connectivity index (χ0) is 26.3. The average Bonchev–Trinajstić information content (AvgIpc) is 2.97. The predicted molar refractivity (Wildman–Crippen MR) is 147 cm³/mol. The van der Waals surface area contributed by atoms with Gasteiger partial charge in [0.15, 0.2) is 11.5 Å². The number of hydrogen-bond donors (Lipinski definition) is 2. The maximum absolute atomic E-state index is 5.49. The van der Waals surface area contributed by atoms with Gasteiger partial charge in [-0.2, -0.15) is 20.1 Å². The summed E-state index contributed by atoms with van der Waals surface area (Å²) in [5.74, 6) is 2.93. The molecule has 2 heterocycles. The van der Waals surface area contributed by atoms with Gasteiger partial charge in [0.2, 0.25) is 17.8 Å². The van der Waals surface area contributed by atoms with E-state index in [-0.39, 0.29) is 0 Å². The molecule has 11 heteroatoms. The highest BCUT2D eigenvalue weighted by Crippen LogP contribution is 2.33. The van der Waals surface area contributed by atoms with Crippen molar-refractivity contribution in [1.29, 1.82) is 0 Å². The molecule has 1 saturated heterocycles. The van der Waals surface area contributed by atoms with Crippen molar-refractivity contribution < 1.29 is 18.9 Å². The highest BCUT2D eigenvalue weighted by molar-refractivity contribution is 5.86. The van der Waals surface area contributed by atoms with Crippen molar-refractivity contribution >= 4 is 40.5 Å². The van der Waals surface area contributed by atoms with E-state index in [1.807, 2.05) is 18.2 Å². The Labute approximate surface area is 220 Å². The fourth-order valence-electron chi connectivity index (χ4n) is 4.08. The minimum absolute atomic E-state index is 0.292. The van der Waals surface area contributed by atoms with E-state index in [1.165, 1.54) is 0 Å². The lowest BCUT2D eigenvalue weighted by Gasteiger charge is -2.27. The number of rotatable bonds is 9. The van der Waals surface area contributed by atoms with Crippen LogP contribution in [0.3, 0.4) is 0 Å². The lowest BCUT2D eigenvalue weighted by atomic mass is 10.1. The maximum Gasteiger partial charge on any atom is 0.250 e. The Morgan fingerprint density at radius 3 is 2.29 bits per heavy atom. The molecule has 11 nitrogen and oxygen atoms in total. The molecule has 0 radical (unpaired) electrons. The van der Waals surface area contributed by atoms with Gasteiger partial charge in [-0.1, -0.05) is 30.3 Å². The number of aromatic nitrogens is 3. The first-order valence-corrected chi connectivity index (χ1v) is 12.1. The van der Waals surface area contributed by atoms with Gasteiger partial charge in [-0.05, 0) is 29.0 Å².